The lowest BCUT2D eigenvalue weighted by atomic mass is 10.1. The Bertz CT molecular complexity index is 355. The van der Waals surface area contributed by atoms with E-state index in [4.69, 9.17) is 0 Å². The van der Waals surface area contributed by atoms with Crippen molar-refractivity contribution in [1.82, 2.24) is 15.2 Å². The normalized spacial score (nSPS) is 19.1. The molecule has 2 N–H and O–H groups in total. The number of nitrogens with one attached hydrogen (secondary N) is 2. The number of rotatable bonds is 6. The molecule has 1 aliphatic rings. The third kappa shape index (κ3) is 3.88. The van der Waals surface area contributed by atoms with Gasteiger partial charge in [0, 0.05) is 31.9 Å². The third-order valence-electron chi connectivity index (χ3n) is 3.62. The van der Waals surface area contributed by atoms with E-state index in [1.807, 2.05) is 24.2 Å². The summed E-state index contributed by atoms with van der Waals surface area (Å²) in [6.45, 7) is 3.05. The minimum absolute atomic E-state index is 0.272. The number of aryl methyl sites for hydroxylation is 1. The van der Waals surface area contributed by atoms with Crippen LogP contribution in [0.15, 0.2) is 18.3 Å². The van der Waals surface area contributed by atoms with Crippen molar-refractivity contribution in [3.05, 3.63) is 24.0 Å². The molecule has 4 heteroatoms. The molecule has 18 heavy (non-hydrogen) atoms. The molecule has 0 bridgehead atoms. The second-order valence-electron chi connectivity index (χ2n) is 5.18. The van der Waals surface area contributed by atoms with Gasteiger partial charge in [-0.2, -0.15) is 0 Å². The summed E-state index contributed by atoms with van der Waals surface area (Å²) in [4.78, 5) is 17.0. The van der Waals surface area contributed by atoms with Crippen LogP contribution in [-0.2, 0) is 11.2 Å². The molecule has 0 saturated carbocycles. The molecule has 4 nitrogen and oxygen atoms in total. The average Bonchev–Trinajstić information content (AvgIpc) is 3.01. The summed E-state index contributed by atoms with van der Waals surface area (Å²) in [6.07, 6.45) is 5.65. The highest BCUT2D eigenvalue weighted by Crippen LogP contribution is 2.10. The van der Waals surface area contributed by atoms with Gasteiger partial charge in [0.05, 0.1) is 0 Å². The number of aromatic nitrogens is 1. The molecule has 100 valence electrons. The SMILES string of the molecule is CN(CC1CCNC1)C(=O)CCCc1ccc[nH]1. The van der Waals surface area contributed by atoms with Crippen molar-refractivity contribution in [3.8, 4) is 0 Å². The molecule has 1 fully saturated rings. The lowest BCUT2D eigenvalue weighted by Gasteiger charge is -2.20. The van der Waals surface area contributed by atoms with Gasteiger partial charge in [0.25, 0.3) is 0 Å². The molecule has 0 aliphatic carbocycles. The van der Waals surface area contributed by atoms with E-state index < -0.39 is 0 Å². The maximum Gasteiger partial charge on any atom is 0.222 e. The average molecular weight is 249 g/mol. The lowest BCUT2D eigenvalue weighted by Crippen LogP contribution is -2.32. The van der Waals surface area contributed by atoms with Crippen molar-refractivity contribution in [1.29, 1.82) is 0 Å². The first-order valence-corrected chi connectivity index (χ1v) is 6.82. The van der Waals surface area contributed by atoms with Gasteiger partial charge in [-0.3, -0.25) is 4.79 Å². The Morgan fingerprint density at radius 1 is 1.56 bits per heavy atom. The molecule has 1 aromatic heterocycles. The highest BCUT2D eigenvalue weighted by molar-refractivity contribution is 5.75. The van der Waals surface area contributed by atoms with Crippen LogP contribution in [0, 0.1) is 5.92 Å². The molecule has 1 aliphatic heterocycles. The summed E-state index contributed by atoms with van der Waals surface area (Å²) in [5, 5.41) is 3.34. The second kappa shape index (κ2) is 6.59. The van der Waals surface area contributed by atoms with Gasteiger partial charge < -0.3 is 15.2 Å². The molecule has 2 heterocycles. The van der Waals surface area contributed by atoms with Gasteiger partial charge in [-0.1, -0.05) is 0 Å². The summed E-state index contributed by atoms with van der Waals surface area (Å²) in [5.74, 6) is 0.913. The smallest absolute Gasteiger partial charge is 0.222 e. The fourth-order valence-corrected chi connectivity index (χ4v) is 2.50. The molecule has 1 saturated heterocycles. The van der Waals surface area contributed by atoms with Crippen molar-refractivity contribution in [2.24, 2.45) is 5.92 Å². The first-order valence-electron chi connectivity index (χ1n) is 6.82. The van der Waals surface area contributed by atoms with Gasteiger partial charge in [0.15, 0.2) is 0 Å². The van der Waals surface area contributed by atoms with Crippen LogP contribution in [0.2, 0.25) is 0 Å². The lowest BCUT2D eigenvalue weighted by molar-refractivity contribution is -0.130. The predicted molar refractivity (Wildman–Crippen MR) is 72.3 cm³/mol. The van der Waals surface area contributed by atoms with E-state index in [0.29, 0.717) is 12.3 Å². The zero-order valence-electron chi connectivity index (χ0n) is 11.1. The van der Waals surface area contributed by atoms with E-state index in [1.165, 1.54) is 12.1 Å². The summed E-state index contributed by atoms with van der Waals surface area (Å²) >= 11 is 0. The highest BCUT2D eigenvalue weighted by atomic mass is 16.2. The third-order valence-corrected chi connectivity index (χ3v) is 3.62. The number of carbonyl (C=O) groups is 1. The monoisotopic (exact) mass is 249 g/mol. The summed E-state index contributed by atoms with van der Waals surface area (Å²) in [6, 6.07) is 4.06. The second-order valence-corrected chi connectivity index (χ2v) is 5.18. The van der Waals surface area contributed by atoms with Crippen LogP contribution in [0.5, 0.6) is 0 Å². The van der Waals surface area contributed by atoms with Crippen LogP contribution in [-0.4, -0.2) is 42.5 Å². The number of carbonyl (C=O) groups excluding carboxylic acids is 1. The standard InChI is InChI=1S/C14H23N3O/c1-17(11-12-7-9-15-10-12)14(18)6-2-4-13-5-3-8-16-13/h3,5,8,12,15-16H,2,4,6-7,9-11H2,1H3. The van der Waals surface area contributed by atoms with Crippen LogP contribution in [0.4, 0.5) is 0 Å². The van der Waals surface area contributed by atoms with E-state index in [2.05, 4.69) is 16.4 Å². The van der Waals surface area contributed by atoms with Crippen molar-refractivity contribution in [2.45, 2.75) is 25.7 Å². The Hall–Kier alpha value is -1.29. The quantitative estimate of drug-likeness (QED) is 0.800. The van der Waals surface area contributed by atoms with Crippen LogP contribution >= 0.6 is 0 Å². The maximum atomic E-state index is 12.0. The molecular weight excluding hydrogens is 226 g/mol. The Balaban J connectivity index is 1.64. The molecule has 0 radical (unpaired) electrons. The van der Waals surface area contributed by atoms with Crippen molar-refractivity contribution in [2.75, 3.05) is 26.7 Å². The van der Waals surface area contributed by atoms with E-state index >= 15 is 0 Å². The number of nitrogens with zero attached hydrogens (tertiary/aromatic N) is 1. The minimum atomic E-state index is 0.272. The van der Waals surface area contributed by atoms with Gasteiger partial charge in [-0.05, 0) is 50.4 Å². The van der Waals surface area contributed by atoms with Gasteiger partial charge in [-0.15, -0.1) is 0 Å². The van der Waals surface area contributed by atoms with Gasteiger partial charge in [0.2, 0.25) is 5.91 Å². The highest BCUT2D eigenvalue weighted by Gasteiger charge is 2.18. The van der Waals surface area contributed by atoms with Gasteiger partial charge in [0.1, 0.15) is 0 Å². The number of hydrogen-bond donors (Lipinski definition) is 2. The van der Waals surface area contributed by atoms with E-state index in [-0.39, 0.29) is 5.91 Å². The first-order chi connectivity index (χ1) is 8.75. The largest absolute Gasteiger partial charge is 0.365 e. The van der Waals surface area contributed by atoms with E-state index in [0.717, 1.165) is 32.5 Å². The summed E-state index contributed by atoms with van der Waals surface area (Å²) in [7, 11) is 1.93. The molecule has 0 spiro atoms. The van der Waals surface area contributed by atoms with Crippen molar-refractivity contribution < 1.29 is 4.79 Å². The predicted octanol–water partition coefficient (Wildman–Crippen LogP) is 1.41. The number of amides is 1. The van der Waals surface area contributed by atoms with Crippen LogP contribution in [0.3, 0.4) is 0 Å². The maximum absolute atomic E-state index is 12.0. The van der Waals surface area contributed by atoms with Gasteiger partial charge >= 0.3 is 0 Å². The Morgan fingerprint density at radius 3 is 3.11 bits per heavy atom. The molecular formula is C14H23N3O. The minimum Gasteiger partial charge on any atom is -0.365 e. The number of aromatic amines is 1. The molecule has 0 aromatic carbocycles. The van der Waals surface area contributed by atoms with Crippen molar-refractivity contribution in [3.63, 3.8) is 0 Å². The summed E-state index contributed by atoms with van der Waals surface area (Å²) < 4.78 is 0. The van der Waals surface area contributed by atoms with E-state index in [9.17, 15) is 4.79 Å². The molecule has 1 amide bonds. The topological polar surface area (TPSA) is 48.1 Å². The Labute approximate surface area is 109 Å². The van der Waals surface area contributed by atoms with Gasteiger partial charge in [-0.25, -0.2) is 0 Å². The van der Waals surface area contributed by atoms with Crippen molar-refractivity contribution >= 4 is 5.91 Å². The molecule has 1 atom stereocenters. The molecule has 1 unspecified atom stereocenters. The van der Waals surface area contributed by atoms with Crippen LogP contribution in [0.25, 0.3) is 0 Å². The fraction of sp³-hybridized carbons (Fsp3) is 0.643. The Kier molecular flexibility index (Phi) is 4.81. The number of hydrogen-bond acceptors (Lipinski definition) is 2. The molecule has 1 aromatic rings. The zero-order chi connectivity index (χ0) is 12.8. The summed E-state index contributed by atoms with van der Waals surface area (Å²) in [5.41, 5.74) is 1.21. The first kappa shape index (κ1) is 13.1. The zero-order valence-corrected chi connectivity index (χ0v) is 11.1. The van der Waals surface area contributed by atoms with Crippen LogP contribution < -0.4 is 5.32 Å². The molecule has 2 rings (SSSR count). The van der Waals surface area contributed by atoms with E-state index in [1.54, 1.807) is 0 Å². The number of H-pyrrole nitrogens is 1. The fourth-order valence-electron chi connectivity index (χ4n) is 2.50. The Morgan fingerprint density at radius 2 is 2.44 bits per heavy atom. The van der Waals surface area contributed by atoms with Crippen LogP contribution in [0.1, 0.15) is 25.0 Å².